The zero-order chi connectivity index (χ0) is 22.9. The monoisotopic (exact) mass is 432 g/mol. The van der Waals surface area contributed by atoms with Crippen LogP contribution in [0.5, 0.6) is 5.75 Å². The van der Waals surface area contributed by atoms with Gasteiger partial charge in [0.2, 0.25) is 5.91 Å². The van der Waals surface area contributed by atoms with Crippen molar-refractivity contribution in [2.24, 2.45) is 0 Å². The van der Waals surface area contributed by atoms with Crippen LogP contribution in [0.3, 0.4) is 0 Å². The summed E-state index contributed by atoms with van der Waals surface area (Å²) in [6.45, 7) is 3.28. The lowest BCUT2D eigenvalue weighted by molar-refractivity contribution is -0.123. The van der Waals surface area contributed by atoms with Crippen molar-refractivity contribution in [3.63, 3.8) is 0 Å². The highest BCUT2D eigenvalue weighted by molar-refractivity contribution is 5.97. The molecule has 0 aliphatic heterocycles. The van der Waals surface area contributed by atoms with Crippen LogP contribution in [-0.2, 0) is 20.9 Å². The van der Waals surface area contributed by atoms with Crippen molar-refractivity contribution in [3.05, 3.63) is 90.0 Å². The van der Waals surface area contributed by atoms with Crippen molar-refractivity contribution in [1.82, 2.24) is 0 Å². The lowest BCUT2D eigenvalue weighted by atomic mass is 10.2. The number of hydrogen-bond acceptors (Lipinski definition) is 5. The molecule has 0 radical (unpaired) electrons. The van der Waals surface area contributed by atoms with E-state index >= 15 is 0 Å². The third-order valence-electron chi connectivity index (χ3n) is 4.44. The maximum Gasteiger partial charge on any atom is 0.339 e. The van der Waals surface area contributed by atoms with Gasteiger partial charge in [-0.15, -0.1) is 0 Å². The number of esters is 1. The van der Waals surface area contributed by atoms with Gasteiger partial charge in [0, 0.05) is 18.3 Å². The smallest absolute Gasteiger partial charge is 0.339 e. The van der Waals surface area contributed by atoms with Gasteiger partial charge in [0.15, 0.2) is 6.10 Å². The fraction of sp³-hybridized carbons (Fsp3) is 0.160. The zero-order valence-electron chi connectivity index (χ0n) is 17.8. The Morgan fingerprint density at radius 1 is 0.844 bits per heavy atom. The van der Waals surface area contributed by atoms with Gasteiger partial charge in [0.05, 0.1) is 5.56 Å². The normalized spacial score (nSPS) is 11.2. The van der Waals surface area contributed by atoms with Gasteiger partial charge < -0.3 is 20.1 Å². The molecule has 7 heteroatoms. The molecule has 0 fully saturated rings. The van der Waals surface area contributed by atoms with Crippen LogP contribution in [-0.4, -0.2) is 23.9 Å². The second-order valence-corrected chi connectivity index (χ2v) is 7.10. The standard InChI is InChI=1S/C25H24N2O5/c1-17(24(29)27-22-13-11-21(12-14-22)26-18(2)28)32-25(30)20-9-6-10-23(15-20)31-16-19-7-4-3-5-8-19/h3-15,17H,16H2,1-2H3,(H,26,28)(H,27,29)/t17-/m1/s1. The summed E-state index contributed by atoms with van der Waals surface area (Å²) in [5, 5.41) is 5.32. The van der Waals surface area contributed by atoms with Gasteiger partial charge in [-0.2, -0.15) is 0 Å². The molecule has 2 amide bonds. The first kappa shape index (κ1) is 22.6. The molecule has 3 aromatic carbocycles. The summed E-state index contributed by atoms with van der Waals surface area (Å²) in [6.07, 6.45) is -1.01. The molecule has 0 unspecified atom stereocenters. The van der Waals surface area contributed by atoms with Gasteiger partial charge in [0.1, 0.15) is 12.4 Å². The maximum atomic E-state index is 12.5. The molecule has 2 N–H and O–H groups in total. The van der Waals surface area contributed by atoms with Gasteiger partial charge >= 0.3 is 5.97 Å². The number of nitrogens with one attached hydrogen (secondary N) is 2. The van der Waals surface area contributed by atoms with Crippen molar-refractivity contribution in [3.8, 4) is 5.75 Å². The Balaban J connectivity index is 1.54. The van der Waals surface area contributed by atoms with Crippen LogP contribution in [0.4, 0.5) is 11.4 Å². The highest BCUT2D eigenvalue weighted by Crippen LogP contribution is 2.17. The second-order valence-electron chi connectivity index (χ2n) is 7.10. The van der Waals surface area contributed by atoms with E-state index in [1.807, 2.05) is 30.3 Å². The summed E-state index contributed by atoms with van der Waals surface area (Å²) in [5.74, 6) is -0.752. The Kier molecular flexibility index (Phi) is 7.59. The van der Waals surface area contributed by atoms with Crippen LogP contribution in [0.2, 0.25) is 0 Å². The molecule has 0 aliphatic rings. The predicted molar refractivity (Wildman–Crippen MR) is 121 cm³/mol. The third kappa shape index (κ3) is 6.70. The molecule has 7 nitrogen and oxygen atoms in total. The van der Waals surface area contributed by atoms with Crippen LogP contribution < -0.4 is 15.4 Å². The van der Waals surface area contributed by atoms with E-state index in [9.17, 15) is 14.4 Å². The molecule has 0 aliphatic carbocycles. The molecule has 0 spiro atoms. The molecular formula is C25H24N2O5. The Labute approximate surface area is 186 Å². The maximum absolute atomic E-state index is 12.5. The Bertz CT molecular complexity index is 1080. The number of hydrogen-bond donors (Lipinski definition) is 2. The Morgan fingerprint density at radius 2 is 1.50 bits per heavy atom. The highest BCUT2D eigenvalue weighted by Gasteiger charge is 2.19. The van der Waals surface area contributed by atoms with Crippen molar-refractivity contribution < 1.29 is 23.9 Å². The van der Waals surface area contributed by atoms with Gasteiger partial charge in [-0.3, -0.25) is 9.59 Å². The zero-order valence-corrected chi connectivity index (χ0v) is 17.8. The lowest BCUT2D eigenvalue weighted by Crippen LogP contribution is -2.30. The number of carbonyl (C=O) groups excluding carboxylic acids is 3. The number of rotatable bonds is 8. The topological polar surface area (TPSA) is 93.7 Å². The van der Waals surface area contributed by atoms with Gasteiger partial charge in [-0.05, 0) is 55.0 Å². The highest BCUT2D eigenvalue weighted by atomic mass is 16.5. The molecule has 32 heavy (non-hydrogen) atoms. The van der Waals surface area contributed by atoms with Crippen LogP contribution >= 0.6 is 0 Å². The SMILES string of the molecule is CC(=O)Nc1ccc(NC(=O)[C@@H](C)OC(=O)c2cccc(OCc3ccccc3)c2)cc1. The van der Waals surface area contributed by atoms with E-state index in [1.165, 1.54) is 13.8 Å². The van der Waals surface area contributed by atoms with E-state index in [2.05, 4.69) is 10.6 Å². The van der Waals surface area contributed by atoms with Crippen LogP contribution in [0.1, 0.15) is 29.8 Å². The number of carbonyl (C=O) groups is 3. The summed E-state index contributed by atoms with van der Waals surface area (Å²) in [5.41, 5.74) is 2.43. The molecule has 0 saturated heterocycles. The van der Waals surface area contributed by atoms with E-state index in [1.54, 1.807) is 48.5 Å². The number of benzene rings is 3. The molecule has 0 aromatic heterocycles. The minimum absolute atomic E-state index is 0.183. The number of amides is 2. The first-order valence-electron chi connectivity index (χ1n) is 10.1. The minimum atomic E-state index is -1.01. The summed E-state index contributed by atoms with van der Waals surface area (Å²) < 4.78 is 11.0. The summed E-state index contributed by atoms with van der Waals surface area (Å²) >= 11 is 0. The van der Waals surface area contributed by atoms with E-state index in [0.29, 0.717) is 23.7 Å². The third-order valence-corrected chi connectivity index (χ3v) is 4.44. The van der Waals surface area contributed by atoms with Gasteiger partial charge in [-0.25, -0.2) is 4.79 Å². The first-order valence-corrected chi connectivity index (χ1v) is 10.1. The average Bonchev–Trinajstić information content (AvgIpc) is 2.79. The Morgan fingerprint density at radius 3 is 2.16 bits per heavy atom. The predicted octanol–water partition coefficient (Wildman–Crippen LogP) is 4.41. The van der Waals surface area contributed by atoms with Gasteiger partial charge in [-0.1, -0.05) is 36.4 Å². The van der Waals surface area contributed by atoms with Crippen molar-refractivity contribution in [2.45, 2.75) is 26.6 Å². The van der Waals surface area contributed by atoms with Crippen molar-refractivity contribution in [2.75, 3.05) is 10.6 Å². The largest absolute Gasteiger partial charge is 0.489 e. The van der Waals surface area contributed by atoms with E-state index < -0.39 is 18.0 Å². The Hall–Kier alpha value is -4.13. The molecule has 0 bridgehead atoms. The van der Waals surface area contributed by atoms with Crippen molar-refractivity contribution in [1.29, 1.82) is 0 Å². The van der Waals surface area contributed by atoms with E-state index in [-0.39, 0.29) is 11.5 Å². The average molecular weight is 432 g/mol. The molecule has 1 atom stereocenters. The second kappa shape index (κ2) is 10.8. The number of ether oxygens (including phenoxy) is 2. The van der Waals surface area contributed by atoms with Crippen LogP contribution in [0.25, 0.3) is 0 Å². The van der Waals surface area contributed by atoms with E-state index in [4.69, 9.17) is 9.47 Å². The molecule has 3 rings (SSSR count). The van der Waals surface area contributed by atoms with Crippen LogP contribution in [0, 0.1) is 0 Å². The molecule has 164 valence electrons. The number of anilines is 2. The minimum Gasteiger partial charge on any atom is -0.489 e. The molecule has 3 aromatic rings. The molecular weight excluding hydrogens is 408 g/mol. The summed E-state index contributed by atoms with van der Waals surface area (Å²) in [4.78, 5) is 35.9. The quantitative estimate of drug-likeness (QED) is 0.515. The van der Waals surface area contributed by atoms with Gasteiger partial charge in [0.25, 0.3) is 5.91 Å². The molecule has 0 saturated carbocycles. The fourth-order valence-electron chi connectivity index (χ4n) is 2.82. The fourth-order valence-corrected chi connectivity index (χ4v) is 2.82. The summed E-state index contributed by atoms with van der Waals surface area (Å²) in [7, 11) is 0. The molecule has 0 heterocycles. The summed E-state index contributed by atoms with van der Waals surface area (Å²) in [6, 6.07) is 22.9. The lowest BCUT2D eigenvalue weighted by Gasteiger charge is -2.14. The van der Waals surface area contributed by atoms with Crippen molar-refractivity contribution >= 4 is 29.2 Å². The van der Waals surface area contributed by atoms with E-state index in [0.717, 1.165) is 5.56 Å². The first-order chi connectivity index (χ1) is 15.4. The van der Waals surface area contributed by atoms with Crippen LogP contribution in [0.15, 0.2) is 78.9 Å².